The van der Waals surface area contributed by atoms with E-state index >= 15 is 0 Å². The maximum absolute atomic E-state index is 11.8. The molecule has 2 aromatic heterocycles. The summed E-state index contributed by atoms with van der Waals surface area (Å²) in [4.78, 5) is 14.6. The van der Waals surface area contributed by atoms with E-state index in [1.807, 2.05) is 6.07 Å². The predicted molar refractivity (Wildman–Crippen MR) is 83.3 cm³/mol. The fourth-order valence-corrected chi connectivity index (χ4v) is 2.96. The van der Waals surface area contributed by atoms with E-state index in [0.717, 1.165) is 22.0 Å². The van der Waals surface area contributed by atoms with Crippen molar-refractivity contribution in [1.29, 1.82) is 0 Å². The van der Waals surface area contributed by atoms with Gasteiger partial charge in [-0.15, -0.1) is 10.2 Å². The Morgan fingerprint density at radius 2 is 2.00 bits per heavy atom. The number of hydrogen-bond donors (Lipinski definition) is 1. The van der Waals surface area contributed by atoms with Crippen LogP contribution in [0.1, 0.15) is 25.0 Å². The third kappa shape index (κ3) is 1.86. The van der Waals surface area contributed by atoms with Crippen LogP contribution in [0.15, 0.2) is 16.9 Å². The summed E-state index contributed by atoms with van der Waals surface area (Å²) >= 11 is 3.69. The number of rotatable bonds is 1. The van der Waals surface area contributed by atoms with Gasteiger partial charge in [0.05, 0.1) is 11.0 Å². The molecule has 0 saturated carbocycles. The molecule has 0 saturated heterocycles. The molecule has 0 spiro atoms. The zero-order valence-electron chi connectivity index (χ0n) is 11.8. The van der Waals surface area contributed by atoms with E-state index in [0.29, 0.717) is 5.65 Å². The SMILES string of the molecule is Cc1cc2nnc3c([nH]c(=O)n3C)c2cc1C(C)(C)Br. The molecule has 104 valence electrons. The number of aromatic amines is 1. The van der Waals surface area contributed by atoms with E-state index < -0.39 is 0 Å². The van der Waals surface area contributed by atoms with Gasteiger partial charge < -0.3 is 4.98 Å². The molecule has 20 heavy (non-hydrogen) atoms. The Morgan fingerprint density at radius 1 is 1.30 bits per heavy atom. The van der Waals surface area contributed by atoms with Gasteiger partial charge in [-0.3, -0.25) is 4.57 Å². The van der Waals surface area contributed by atoms with Crippen LogP contribution in [-0.4, -0.2) is 19.7 Å². The fraction of sp³-hybridized carbons (Fsp3) is 0.357. The highest BCUT2D eigenvalue weighted by atomic mass is 79.9. The second-order valence-electron chi connectivity index (χ2n) is 5.54. The summed E-state index contributed by atoms with van der Waals surface area (Å²) in [6, 6.07) is 4.08. The Bertz CT molecular complexity index is 886. The van der Waals surface area contributed by atoms with Gasteiger partial charge in [-0.1, -0.05) is 15.9 Å². The number of nitrogens with one attached hydrogen (secondary N) is 1. The smallest absolute Gasteiger partial charge is 0.303 e. The molecule has 3 aromatic rings. The third-order valence-electron chi connectivity index (χ3n) is 3.58. The highest BCUT2D eigenvalue weighted by molar-refractivity contribution is 9.09. The normalized spacial score (nSPS) is 12.4. The van der Waals surface area contributed by atoms with Gasteiger partial charge in [0.1, 0.15) is 0 Å². The number of aryl methyl sites for hydroxylation is 2. The maximum atomic E-state index is 11.8. The number of H-pyrrole nitrogens is 1. The minimum absolute atomic E-state index is 0.143. The second-order valence-corrected chi connectivity index (χ2v) is 7.53. The first-order chi connectivity index (χ1) is 9.29. The lowest BCUT2D eigenvalue weighted by molar-refractivity contribution is 0.796. The van der Waals surface area contributed by atoms with Gasteiger partial charge >= 0.3 is 5.69 Å². The molecule has 0 fully saturated rings. The van der Waals surface area contributed by atoms with Crippen LogP contribution >= 0.6 is 15.9 Å². The summed E-state index contributed by atoms with van der Waals surface area (Å²) in [6.45, 7) is 6.25. The summed E-state index contributed by atoms with van der Waals surface area (Å²) in [7, 11) is 1.69. The van der Waals surface area contributed by atoms with Crippen LogP contribution in [0.25, 0.3) is 22.1 Å². The van der Waals surface area contributed by atoms with Crippen molar-refractivity contribution in [1.82, 2.24) is 19.7 Å². The van der Waals surface area contributed by atoms with Crippen molar-refractivity contribution in [3.63, 3.8) is 0 Å². The summed E-state index contributed by atoms with van der Waals surface area (Å²) in [5, 5.41) is 9.27. The van der Waals surface area contributed by atoms with Crippen molar-refractivity contribution in [3.05, 3.63) is 33.7 Å². The van der Waals surface area contributed by atoms with Gasteiger partial charge in [-0.05, 0) is 44.0 Å². The van der Waals surface area contributed by atoms with Crippen molar-refractivity contribution < 1.29 is 0 Å². The van der Waals surface area contributed by atoms with Gasteiger partial charge in [0.25, 0.3) is 0 Å². The molecular weight excluding hydrogens is 320 g/mol. The van der Waals surface area contributed by atoms with E-state index in [2.05, 4.69) is 57.9 Å². The van der Waals surface area contributed by atoms with Crippen LogP contribution < -0.4 is 5.69 Å². The van der Waals surface area contributed by atoms with Crippen molar-refractivity contribution in [2.45, 2.75) is 25.1 Å². The molecule has 0 amide bonds. The first kappa shape index (κ1) is 13.3. The van der Waals surface area contributed by atoms with Crippen molar-refractivity contribution in [2.75, 3.05) is 0 Å². The first-order valence-electron chi connectivity index (χ1n) is 6.34. The highest BCUT2D eigenvalue weighted by Gasteiger charge is 2.20. The molecule has 0 aliphatic heterocycles. The van der Waals surface area contributed by atoms with Crippen LogP contribution in [-0.2, 0) is 11.4 Å². The molecule has 6 heteroatoms. The number of alkyl halides is 1. The van der Waals surface area contributed by atoms with Gasteiger partial charge in [-0.2, -0.15) is 0 Å². The van der Waals surface area contributed by atoms with E-state index in [9.17, 15) is 4.79 Å². The lowest BCUT2D eigenvalue weighted by Gasteiger charge is -2.20. The first-order valence-corrected chi connectivity index (χ1v) is 7.13. The van der Waals surface area contributed by atoms with Crippen molar-refractivity contribution >= 4 is 38.0 Å². The topological polar surface area (TPSA) is 63.6 Å². The molecular formula is C14H15BrN4O. The second kappa shape index (κ2) is 4.15. The Morgan fingerprint density at radius 3 is 2.65 bits per heavy atom. The van der Waals surface area contributed by atoms with Gasteiger partial charge in [0, 0.05) is 16.8 Å². The highest BCUT2D eigenvalue weighted by Crippen LogP contribution is 2.35. The average molecular weight is 335 g/mol. The minimum Gasteiger partial charge on any atom is -0.303 e. The summed E-state index contributed by atoms with van der Waals surface area (Å²) in [5.41, 5.74) is 4.24. The zero-order chi connectivity index (χ0) is 14.7. The lowest BCUT2D eigenvalue weighted by atomic mass is 9.95. The van der Waals surface area contributed by atoms with E-state index in [-0.39, 0.29) is 10.0 Å². The number of halogens is 1. The number of imidazole rings is 1. The van der Waals surface area contributed by atoms with E-state index in [1.165, 1.54) is 10.1 Å². The maximum Gasteiger partial charge on any atom is 0.327 e. The number of benzene rings is 1. The molecule has 2 heterocycles. The van der Waals surface area contributed by atoms with E-state index in [4.69, 9.17) is 0 Å². The number of hydrogen-bond acceptors (Lipinski definition) is 3. The predicted octanol–water partition coefficient (Wildman–Crippen LogP) is 2.75. The Hall–Kier alpha value is -1.69. The minimum atomic E-state index is -0.179. The molecule has 0 unspecified atom stereocenters. The van der Waals surface area contributed by atoms with Crippen LogP contribution in [0, 0.1) is 6.92 Å². The average Bonchev–Trinajstić information content (AvgIpc) is 2.63. The van der Waals surface area contributed by atoms with Crippen molar-refractivity contribution in [2.24, 2.45) is 7.05 Å². The largest absolute Gasteiger partial charge is 0.327 e. The number of fused-ring (bicyclic) bond motifs is 3. The van der Waals surface area contributed by atoms with Gasteiger partial charge in [0.2, 0.25) is 0 Å². The number of aromatic nitrogens is 4. The van der Waals surface area contributed by atoms with Crippen LogP contribution in [0.2, 0.25) is 0 Å². The molecule has 0 aliphatic carbocycles. The molecule has 0 atom stereocenters. The summed E-state index contributed by atoms with van der Waals surface area (Å²) < 4.78 is 1.33. The van der Waals surface area contributed by atoms with E-state index in [1.54, 1.807) is 7.05 Å². The van der Waals surface area contributed by atoms with Crippen molar-refractivity contribution in [3.8, 4) is 0 Å². The molecule has 3 rings (SSSR count). The Labute approximate surface area is 124 Å². The molecule has 5 nitrogen and oxygen atoms in total. The molecule has 0 aliphatic rings. The fourth-order valence-electron chi connectivity index (χ4n) is 2.53. The number of nitrogens with zero attached hydrogens (tertiary/aromatic N) is 3. The Kier molecular flexibility index (Phi) is 2.76. The van der Waals surface area contributed by atoms with Crippen LogP contribution in [0.4, 0.5) is 0 Å². The standard InChI is InChI=1S/C14H15BrN4O/c1-7-5-10-8(6-9(7)14(2,3)15)11-12(18-17-10)19(4)13(20)16-11/h5-6H,1-4H3,(H,16,20). The lowest BCUT2D eigenvalue weighted by Crippen LogP contribution is -2.12. The molecule has 0 bridgehead atoms. The summed E-state index contributed by atoms with van der Waals surface area (Å²) in [5.74, 6) is 0. The molecule has 0 radical (unpaired) electrons. The zero-order valence-corrected chi connectivity index (χ0v) is 13.4. The molecule has 1 aromatic carbocycles. The van der Waals surface area contributed by atoms with Gasteiger partial charge in [0.15, 0.2) is 5.65 Å². The Balaban J connectivity index is 2.50. The monoisotopic (exact) mass is 334 g/mol. The van der Waals surface area contributed by atoms with Crippen LogP contribution in [0.5, 0.6) is 0 Å². The van der Waals surface area contributed by atoms with Gasteiger partial charge in [-0.25, -0.2) is 4.79 Å². The summed E-state index contributed by atoms with van der Waals surface area (Å²) in [6.07, 6.45) is 0. The van der Waals surface area contributed by atoms with Crippen LogP contribution in [0.3, 0.4) is 0 Å². The molecule has 1 N–H and O–H groups in total. The third-order valence-corrected chi connectivity index (χ3v) is 4.01. The quantitative estimate of drug-likeness (QED) is 0.696.